The lowest BCUT2D eigenvalue weighted by molar-refractivity contribution is -0.153. The second-order valence-corrected chi connectivity index (χ2v) is 8.86. The van der Waals surface area contributed by atoms with Gasteiger partial charge in [-0.3, -0.25) is 25.0 Å². The number of ether oxygens (including phenoxy) is 2. The predicted molar refractivity (Wildman–Crippen MR) is 118 cm³/mol. The summed E-state index contributed by atoms with van der Waals surface area (Å²) in [5, 5.41) is 8.07. The average molecular weight is 493 g/mol. The average Bonchev–Trinajstić information content (AvgIpc) is 2.77. The highest BCUT2D eigenvalue weighted by Gasteiger charge is 2.63. The van der Waals surface area contributed by atoms with Crippen LogP contribution in [0.3, 0.4) is 0 Å². The lowest BCUT2D eigenvalue weighted by Crippen LogP contribution is -2.75. The molecule has 0 unspecified atom stereocenters. The molecule has 13 heteroatoms. The van der Waals surface area contributed by atoms with E-state index >= 15 is 8.78 Å². The second kappa shape index (κ2) is 8.96. The Kier molecular flexibility index (Phi) is 6.32. The molecule has 3 atom stereocenters. The molecule has 0 aromatic heterocycles. The third-order valence-electron chi connectivity index (χ3n) is 6.48. The highest BCUT2D eigenvalue weighted by atomic mass is 19.2. The number of barbiturate groups is 1. The molecule has 5 amide bonds. The van der Waals surface area contributed by atoms with Gasteiger partial charge < -0.3 is 14.4 Å². The molecule has 3 aliphatic rings. The first-order valence-electron chi connectivity index (χ1n) is 10.9. The fraction of sp³-hybridized carbons (Fsp3) is 0.500. The number of urea groups is 1. The van der Waals surface area contributed by atoms with E-state index < -0.39 is 59.1 Å². The number of rotatable bonds is 4. The molecule has 3 aliphatic heterocycles. The number of carbonyl (C=O) groups excluding carboxylic acids is 4. The summed E-state index contributed by atoms with van der Waals surface area (Å²) in [6, 6.07) is -0.655. The van der Waals surface area contributed by atoms with Crippen molar-refractivity contribution in [3.05, 3.63) is 28.8 Å². The molecule has 188 valence electrons. The standard InChI is InChI=1S/C22H25F2N5O6/c1-9-7-29-17-12(5-13(15(23)16(17)24)10(2)27-28-14(30)8-34-4)6-22(18(29)11(3)35-9)19(31)25-21(33)26-20(22)32/h5,9,11,18H,6-8H2,1-4H3,(H,28,30)(H2,25,26,31,32,33)/b27-10+/t9-,11+,18-/m1/s1. The predicted octanol–water partition coefficient (Wildman–Crippen LogP) is 0.342. The fourth-order valence-electron chi connectivity index (χ4n) is 5.17. The quantitative estimate of drug-likeness (QED) is 0.312. The van der Waals surface area contributed by atoms with Crippen LogP contribution in [0.5, 0.6) is 0 Å². The molecule has 4 rings (SSSR count). The molecule has 0 saturated carbocycles. The van der Waals surface area contributed by atoms with Gasteiger partial charge in [-0.25, -0.2) is 19.0 Å². The number of carbonyl (C=O) groups is 4. The van der Waals surface area contributed by atoms with Crippen LogP contribution in [0.4, 0.5) is 19.3 Å². The summed E-state index contributed by atoms with van der Waals surface area (Å²) >= 11 is 0. The van der Waals surface area contributed by atoms with E-state index in [0.717, 1.165) is 0 Å². The summed E-state index contributed by atoms with van der Waals surface area (Å²) in [5.41, 5.74) is 0.144. The molecule has 35 heavy (non-hydrogen) atoms. The van der Waals surface area contributed by atoms with Gasteiger partial charge in [-0.1, -0.05) is 0 Å². The lowest BCUT2D eigenvalue weighted by Gasteiger charge is -2.55. The highest BCUT2D eigenvalue weighted by molar-refractivity contribution is 6.20. The Hall–Kier alpha value is -3.45. The number of hydrazone groups is 1. The topological polar surface area (TPSA) is 138 Å². The van der Waals surface area contributed by atoms with Crippen molar-refractivity contribution >= 4 is 35.2 Å². The summed E-state index contributed by atoms with van der Waals surface area (Å²) in [4.78, 5) is 51.2. The van der Waals surface area contributed by atoms with Crippen molar-refractivity contribution < 1.29 is 37.4 Å². The normalized spacial score (nSPS) is 25.5. The van der Waals surface area contributed by atoms with Crippen LogP contribution in [0.25, 0.3) is 0 Å². The van der Waals surface area contributed by atoms with Gasteiger partial charge in [0, 0.05) is 25.6 Å². The van der Waals surface area contributed by atoms with Crippen LogP contribution in [0.15, 0.2) is 11.2 Å². The molecule has 1 aromatic rings. The summed E-state index contributed by atoms with van der Waals surface area (Å²) in [6.07, 6.45) is -1.45. The van der Waals surface area contributed by atoms with Crippen LogP contribution in [0, 0.1) is 17.0 Å². The van der Waals surface area contributed by atoms with E-state index in [1.807, 2.05) is 0 Å². The third kappa shape index (κ3) is 3.93. The zero-order valence-electron chi connectivity index (χ0n) is 19.5. The molecular weight excluding hydrogens is 468 g/mol. The van der Waals surface area contributed by atoms with E-state index in [1.165, 1.54) is 25.0 Å². The van der Waals surface area contributed by atoms with E-state index in [1.54, 1.807) is 13.8 Å². The Bertz CT molecular complexity index is 1140. The number of morpholine rings is 1. The highest BCUT2D eigenvalue weighted by Crippen LogP contribution is 2.48. The van der Waals surface area contributed by atoms with Crippen molar-refractivity contribution in [3.8, 4) is 0 Å². The smallest absolute Gasteiger partial charge is 0.328 e. The van der Waals surface area contributed by atoms with Crippen LogP contribution in [0.1, 0.15) is 31.9 Å². The molecule has 3 N–H and O–H groups in total. The number of nitrogens with one attached hydrogen (secondary N) is 3. The summed E-state index contributed by atoms with van der Waals surface area (Å²) in [7, 11) is 1.32. The summed E-state index contributed by atoms with van der Waals surface area (Å²) < 4.78 is 41.4. The van der Waals surface area contributed by atoms with Crippen molar-refractivity contribution in [1.29, 1.82) is 0 Å². The number of anilines is 1. The SMILES string of the molecule is COCC(=O)N/N=C(\C)c1cc2c(c(F)c1F)N1C[C@@H](C)O[C@@H](C)[C@@H]1C1(C2)C(=O)NC(=O)NC1=O. The molecule has 1 spiro atoms. The molecule has 2 saturated heterocycles. The number of imide groups is 2. The Morgan fingerprint density at radius 2 is 1.91 bits per heavy atom. The third-order valence-corrected chi connectivity index (χ3v) is 6.48. The number of methoxy groups -OCH3 is 1. The van der Waals surface area contributed by atoms with Gasteiger partial charge in [-0.05, 0) is 32.4 Å². The summed E-state index contributed by atoms with van der Waals surface area (Å²) in [5.74, 6) is -4.66. The number of benzene rings is 1. The maximum Gasteiger partial charge on any atom is 0.328 e. The van der Waals surface area contributed by atoms with Crippen LogP contribution in [0.2, 0.25) is 0 Å². The van der Waals surface area contributed by atoms with Gasteiger partial charge in [-0.2, -0.15) is 5.10 Å². The van der Waals surface area contributed by atoms with Gasteiger partial charge in [0.2, 0.25) is 11.8 Å². The van der Waals surface area contributed by atoms with E-state index in [2.05, 4.69) is 25.9 Å². The number of fused-ring (bicyclic) bond motifs is 4. The van der Waals surface area contributed by atoms with E-state index in [0.29, 0.717) is 0 Å². The zero-order valence-corrected chi connectivity index (χ0v) is 19.5. The van der Waals surface area contributed by atoms with Crippen molar-refractivity contribution in [2.75, 3.05) is 25.2 Å². The summed E-state index contributed by atoms with van der Waals surface area (Å²) in [6.45, 7) is 4.54. The number of halogens is 2. The first kappa shape index (κ1) is 24.7. The maximum absolute atomic E-state index is 15.6. The lowest BCUT2D eigenvalue weighted by atomic mass is 9.66. The minimum Gasteiger partial charge on any atom is -0.375 e. The Labute approximate surface area is 199 Å². The van der Waals surface area contributed by atoms with Gasteiger partial charge in [0.25, 0.3) is 5.91 Å². The van der Waals surface area contributed by atoms with Gasteiger partial charge in [-0.15, -0.1) is 0 Å². The second-order valence-electron chi connectivity index (χ2n) is 8.86. The molecule has 3 heterocycles. The molecule has 0 aliphatic carbocycles. The maximum atomic E-state index is 15.6. The van der Waals surface area contributed by atoms with Gasteiger partial charge in [0.15, 0.2) is 17.0 Å². The molecule has 11 nitrogen and oxygen atoms in total. The first-order chi connectivity index (χ1) is 16.5. The Morgan fingerprint density at radius 1 is 1.26 bits per heavy atom. The zero-order chi connectivity index (χ0) is 25.7. The minimum absolute atomic E-state index is 0.0405. The van der Waals surface area contributed by atoms with Gasteiger partial charge in [0.1, 0.15) is 6.61 Å². The van der Waals surface area contributed by atoms with Crippen molar-refractivity contribution in [1.82, 2.24) is 16.1 Å². The molecule has 2 fully saturated rings. The van der Waals surface area contributed by atoms with Crippen LogP contribution < -0.4 is 21.0 Å². The number of hydrogen-bond donors (Lipinski definition) is 3. The number of nitrogens with zero attached hydrogens (tertiary/aromatic N) is 2. The molecule has 0 radical (unpaired) electrons. The fourth-order valence-corrected chi connectivity index (χ4v) is 5.17. The Balaban J connectivity index is 1.87. The van der Waals surface area contributed by atoms with E-state index in [4.69, 9.17) is 4.74 Å². The van der Waals surface area contributed by atoms with Gasteiger partial charge in [0.05, 0.1) is 29.6 Å². The number of amides is 5. The van der Waals surface area contributed by atoms with Gasteiger partial charge >= 0.3 is 6.03 Å². The molecular formula is C22H25F2N5O6. The monoisotopic (exact) mass is 493 g/mol. The van der Waals surface area contributed by atoms with Crippen LogP contribution in [-0.2, 0) is 30.3 Å². The van der Waals surface area contributed by atoms with Crippen LogP contribution >= 0.6 is 0 Å². The first-order valence-corrected chi connectivity index (χ1v) is 10.9. The molecule has 0 bridgehead atoms. The minimum atomic E-state index is -1.83. The van der Waals surface area contributed by atoms with Crippen LogP contribution in [-0.4, -0.2) is 68.0 Å². The van der Waals surface area contributed by atoms with E-state index in [-0.39, 0.29) is 42.1 Å². The largest absolute Gasteiger partial charge is 0.375 e. The molecule has 1 aromatic carbocycles. The van der Waals surface area contributed by atoms with Crippen molar-refractivity contribution in [2.45, 2.75) is 45.4 Å². The van der Waals surface area contributed by atoms with Crippen molar-refractivity contribution in [2.24, 2.45) is 10.5 Å². The number of hydrogen-bond acceptors (Lipinski definition) is 8. The van der Waals surface area contributed by atoms with E-state index in [9.17, 15) is 19.2 Å². The Morgan fingerprint density at radius 3 is 2.54 bits per heavy atom. The van der Waals surface area contributed by atoms with Crippen molar-refractivity contribution in [3.63, 3.8) is 0 Å².